The SMILES string of the molecule is C[C@@H](OCc1noc(C(C)(C)C)n1)C(=O)O. The van der Waals surface area contributed by atoms with E-state index in [4.69, 9.17) is 14.4 Å². The summed E-state index contributed by atoms with van der Waals surface area (Å²) in [6, 6.07) is 0. The van der Waals surface area contributed by atoms with Crippen molar-refractivity contribution in [3.63, 3.8) is 0 Å². The highest BCUT2D eigenvalue weighted by Crippen LogP contribution is 2.19. The molecule has 0 bridgehead atoms. The van der Waals surface area contributed by atoms with Crippen LogP contribution in [0.1, 0.15) is 39.4 Å². The van der Waals surface area contributed by atoms with E-state index in [-0.39, 0.29) is 12.0 Å². The molecule has 1 rings (SSSR count). The fourth-order valence-corrected chi connectivity index (χ4v) is 0.888. The molecular formula is C10H16N2O4. The molecular weight excluding hydrogens is 212 g/mol. The first-order chi connectivity index (χ1) is 7.30. The molecule has 1 aromatic heterocycles. The van der Waals surface area contributed by atoms with Crippen LogP contribution in [0.2, 0.25) is 0 Å². The zero-order valence-corrected chi connectivity index (χ0v) is 9.85. The van der Waals surface area contributed by atoms with E-state index in [9.17, 15) is 4.79 Å². The molecule has 16 heavy (non-hydrogen) atoms. The zero-order chi connectivity index (χ0) is 12.3. The van der Waals surface area contributed by atoms with Crippen molar-refractivity contribution in [3.05, 3.63) is 11.7 Å². The number of carbonyl (C=O) groups is 1. The Morgan fingerprint density at radius 2 is 2.19 bits per heavy atom. The van der Waals surface area contributed by atoms with E-state index < -0.39 is 12.1 Å². The molecule has 1 atom stereocenters. The van der Waals surface area contributed by atoms with Crippen LogP contribution in [-0.4, -0.2) is 27.3 Å². The van der Waals surface area contributed by atoms with Crippen molar-refractivity contribution in [1.82, 2.24) is 10.1 Å². The number of rotatable bonds is 4. The van der Waals surface area contributed by atoms with Gasteiger partial charge >= 0.3 is 5.97 Å². The Bertz CT molecular complexity index is 367. The van der Waals surface area contributed by atoms with Crippen molar-refractivity contribution in [3.8, 4) is 0 Å². The van der Waals surface area contributed by atoms with Crippen molar-refractivity contribution >= 4 is 5.97 Å². The van der Waals surface area contributed by atoms with Gasteiger partial charge in [0.15, 0.2) is 11.9 Å². The van der Waals surface area contributed by atoms with Gasteiger partial charge in [-0.05, 0) is 6.92 Å². The van der Waals surface area contributed by atoms with Crippen molar-refractivity contribution < 1.29 is 19.2 Å². The molecule has 0 saturated heterocycles. The third-order valence-corrected chi connectivity index (χ3v) is 1.92. The van der Waals surface area contributed by atoms with Gasteiger partial charge in [0.25, 0.3) is 0 Å². The van der Waals surface area contributed by atoms with Crippen LogP contribution < -0.4 is 0 Å². The van der Waals surface area contributed by atoms with Crippen LogP contribution in [0.3, 0.4) is 0 Å². The molecule has 1 N–H and O–H groups in total. The molecule has 1 aromatic rings. The quantitative estimate of drug-likeness (QED) is 0.837. The van der Waals surface area contributed by atoms with Crippen LogP contribution in [0, 0.1) is 0 Å². The summed E-state index contributed by atoms with van der Waals surface area (Å²) in [4.78, 5) is 14.6. The Morgan fingerprint density at radius 1 is 1.56 bits per heavy atom. The standard InChI is InChI=1S/C10H16N2O4/c1-6(8(13)14)15-5-7-11-9(16-12-7)10(2,3)4/h6H,5H2,1-4H3,(H,13,14)/t6-/m1/s1. The topological polar surface area (TPSA) is 85.5 Å². The Balaban J connectivity index is 2.57. The fourth-order valence-electron chi connectivity index (χ4n) is 0.888. The molecule has 0 aliphatic rings. The summed E-state index contributed by atoms with van der Waals surface area (Å²) in [5.41, 5.74) is -0.219. The zero-order valence-electron chi connectivity index (χ0n) is 9.85. The first-order valence-electron chi connectivity index (χ1n) is 4.98. The monoisotopic (exact) mass is 228 g/mol. The summed E-state index contributed by atoms with van der Waals surface area (Å²) in [7, 11) is 0. The lowest BCUT2D eigenvalue weighted by Crippen LogP contribution is -2.20. The van der Waals surface area contributed by atoms with Gasteiger partial charge in [0.1, 0.15) is 6.61 Å². The van der Waals surface area contributed by atoms with E-state index in [1.165, 1.54) is 6.92 Å². The van der Waals surface area contributed by atoms with E-state index in [1.54, 1.807) is 0 Å². The Hall–Kier alpha value is -1.43. The van der Waals surface area contributed by atoms with E-state index in [1.807, 2.05) is 20.8 Å². The number of nitrogens with zero attached hydrogens (tertiary/aromatic N) is 2. The number of hydrogen-bond donors (Lipinski definition) is 1. The number of carboxylic acids is 1. The first kappa shape index (κ1) is 12.6. The maximum Gasteiger partial charge on any atom is 0.332 e. The number of carboxylic acid groups (broad SMARTS) is 1. The molecule has 1 heterocycles. The average Bonchev–Trinajstić information content (AvgIpc) is 2.61. The molecule has 0 fully saturated rings. The largest absolute Gasteiger partial charge is 0.479 e. The van der Waals surface area contributed by atoms with Crippen LogP contribution in [0.4, 0.5) is 0 Å². The Kier molecular flexibility index (Phi) is 3.64. The number of ether oxygens (including phenoxy) is 1. The van der Waals surface area contributed by atoms with Crippen LogP contribution in [-0.2, 0) is 21.6 Å². The normalized spacial score (nSPS) is 13.8. The van der Waals surface area contributed by atoms with Crippen LogP contribution in [0.15, 0.2) is 4.52 Å². The third-order valence-electron chi connectivity index (χ3n) is 1.92. The lowest BCUT2D eigenvalue weighted by atomic mass is 9.97. The van der Waals surface area contributed by atoms with Gasteiger partial charge in [0.05, 0.1) is 0 Å². The minimum atomic E-state index is -1.01. The maximum atomic E-state index is 10.5. The highest BCUT2D eigenvalue weighted by atomic mass is 16.5. The highest BCUT2D eigenvalue weighted by Gasteiger charge is 2.22. The maximum absolute atomic E-state index is 10.5. The fraction of sp³-hybridized carbons (Fsp3) is 0.700. The molecule has 0 unspecified atom stereocenters. The molecule has 0 saturated carbocycles. The van der Waals surface area contributed by atoms with Gasteiger partial charge in [0.2, 0.25) is 5.89 Å². The van der Waals surface area contributed by atoms with Crippen molar-refractivity contribution in [2.45, 2.75) is 45.8 Å². The Labute approximate surface area is 93.6 Å². The molecule has 6 heteroatoms. The van der Waals surface area contributed by atoms with Gasteiger partial charge < -0.3 is 14.4 Å². The molecule has 90 valence electrons. The van der Waals surface area contributed by atoms with E-state index in [0.29, 0.717) is 11.7 Å². The second-order valence-electron chi connectivity index (χ2n) is 4.56. The summed E-state index contributed by atoms with van der Waals surface area (Å²) < 4.78 is 10.1. The van der Waals surface area contributed by atoms with Crippen molar-refractivity contribution in [1.29, 1.82) is 0 Å². The molecule has 0 spiro atoms. The summed E-state index contributed by atoms with van der Waals surface area (Å²) >= 11 is 0. The molecule has 0 aromatic carbocycles. The number of hydrogen-bond acceptors (Lipinski definition) is 5. The van der Waals surface area contributed by atoms with Gasteiger partial charge in [-0.2, -0.15) is 4.98 Å². The summed E-state index contributed by atoms with van der Waals surface area (Å²) in [5, 5.41) is 12.3. The predicted octanol–water partition coefficient (Wildman–Crippen LogP) is 1.36. The van der Waals surface area contributed by atoms with Gasteiger partial charge in [-0.3, -0.25) is 0 Å². The number of aliphatic carboxylic acids is 1. The van der Waals surface area contributed by atoms with Crippen LogP contribution in [0.25, 0.3) is 0 Å². The molecule has 0 aliphatic heterocycles. The molecule has 0 aliphatic carbocycles. The smallest absolute Gasteiger partial charge is 0.332 e. The predicted molar refractivity (Wildman–Crippen MR) is 54.9 cm³/mol. The van der Waals surface area contributed by atoms with E-state index in [2.05, 4.69) is 10.1 Å². The number of aromatic nitrogens is 2. The second-order valence-corrected chi connectivity index (χ2v) is 4.56. The summed E-state index contributed by atoms with van der Waals surface area (Å²) in [5.74, 6) is -0.147. The van der Waals surface area contributed by atoms with Gasteiger partial charge in [0, 0.05) is 5.41 Å². The first-order valence-corrected chi connectivity index (χ1v) is 4.98. The Morgan fingerprint density at radius 3 is 2.62 bits per heavy atom. The van der Waals surface area contributed by atoms with E-state index >= 15 is 0 Å². The second kappa shape index (κ2) is 4.61. The third kappa shape index (κ3) is 3.30. The van der Waals surface area contributed by atoms with Crippen molar-refractivity contribution in [2.75, 3.05) is 0 Å². The van der Waals surface area contributed by atoms with Gasteiger partial charge in [-0.1, -0.05) is 25.9 Å². The van der Waals surface area contributed by atoms with Gasteiger partial charge in [-0.25, -0.2) is 4.79 Å². The van der Waals surface area contributed by atoms with Crippen LogP contribution in [0.5, 0.6) is 0 Å². The average molecular weight is 228 g/mol. The minimum Gasteiger partial charge on any atom is -0.479 e. The summed E-state index contributed by atoms with van der Waals surface area (Å²) in [6.45, 7) is 7.33. The van der Waals surface area contributed by atoms with Crippen molar-refractivity contribution in [2.24, 2.45) is 0 Å². The van der Waals surface area contributed by atoms with Gasteiger partial charge in [-0.15, -0.1) is 0 Å². The lowest BCUT2D eigenvalue weighted by molar-refractivity contribution is -0.150. The highest BCUT2D eigenvalue weighted by molar-refractivity contribution is 5.71. The minimum absolute atomic E-state index is 0.0348. The lowest BCUT2D eigenvalue weighted by Gasteiger charge is -2.10. The summed E-state index contributed by atoms with van der Waals surface area (Å²) in [6.07, 6.45) is -0.878. The molecule has 0 amide bonds. The van der Waals surface area contributed by atoms with E-state index in [0.717, 1.165) is 0 Å². The molecule has 0 radical (unpaired) electrons. The van der Waals surface area contributed by atoms with Crippen LogP contribution >= 0.6 is 0 Å². The molecule has 6 nitrogen and oxygen atoms in total.